The first kappa shape index (κ1) is 17.6. The molecule has 78 valence electrons. The predicted octanol–water partition coefficient (Wildman–Crippen LogP) is -2.55. The number of hydrogen-bond donors (Lipinski definition) is 0. The zero-order valence-corrected chi connectivity index (χ0v) is 12.1. The van der Waals surface area contributed by atoms with Crippen molar-refractivity contribution >= 4 is 50.9 Å². The van der Waals surface area contributed by atoms with Crippen LogP contribution in [0.15, 0.2) is 0 Å². The normalized spacial score (nSPS) is 11.7. The summed E-state index contributed by atoms with van der Waals surface area (Å²) in [6.45, 7) is -0.605. The Labute approximate surface area is 118 Å². The van der Waals surface area contributed by atoms with Crippen molar-refractivity contribution in [3.05, 3.63) is 0 Å². The van der Waals surface area contributed by atoms with E-state index in [9.17, 15) is 17.8 Å². The standard InChI is InChI=1S/C4H5Cl3O5S.Na/c5-4(6,7)2-12-3(8)1-13(9,10)11;/h1-2H2,(H,9,10,11);/q;+1/p-1. The number of ether oxygens (including phenoxy) is 1. The fraction of sp³-hybridized carbons (Fsp3) is 0.750. The fourth-order valence-electron chi connectivity index (χ4n) is 0.348. The molecule has 0 aliphatic heterocycles. The summed E-state index contributed by atoms with van der Waals surface area (Å²) >= 11 is 15.5. The molecule has 0 fully saturated rings. The molecule has 0 saturated carbocycles. The molecule has 0 atom stereocenters. The second-order valence-electron chi connectivity index (χ2n) is 1.98. The smallest absolute Gasteiger partial charge is 0.748 e. The summed E-state index contributed by atoms with van der Waals surface area (Å²) < 4.78 is 32.4. The van der Waals surface area contributed by atoms with Crippen molar-refractivity contribution in [2.75, 3.05) is 12.4 Å². The quantitative estimate of drug-likeness (QED) is 0.248. The van der Waals surface area contributed by atoms with Crippen LogP contribution in [0.2, 0.25) is 0 Å². The van der Waals surface area contributed by atoms with Crippen molar-refractivity contribution in [3.63, 3.8) is 0 Å². The van der Waals surface area contributed by atoms with Gasteiger partial charge in [-0.1, -0.05) is 34.8 Å². The first-order valence-corrected chi connectivity index (χ1v) is 5.47. The van der Waals surface area contributed by atoms with Crippen LogP contribution >= 0.6 is 34.8 Å². The van der Waals surface area contributed by atoms with Gasteiger partial charge in [-0.05, 0) is 0 Å². The van der Waals surface area contributed by atoms with E-state index in [1.54, 1.807) is 0 Å². The zero-order valence-electron chi connectivity index (χ0n) is 7.00. The van der Waals surface area contributed by atoms with Crippen molar-refractivity contribution in [1.29, 1.82) is 0 Å². The number of esters is 1. The van der Waals surface area contributed by atoms with Gasteiger partial charge in [-0.15, -0.1) is 0 Å². The third kappa shape index (κ3) is 13.2. The molecule has 0 rings (SSSR count). The monoisotopic (exact) mass is 292 g/mol. The summed E-state index contributed by atoms with van der Waals surface area (Å²) in [5, 5.41) is 0. The maximum atomic E-state index is 10.5. The number of rotatable bonds is 3. The minimum atomic E-state index is -4.64. The minimum absolute atomic E-state index is 0. The Balaban J connectivity index is 0. The SMILES string of the molecule is O=C(CS(=O)(=O)[O-])OCC(Cl)(Cl)Cl.[Na+]. The van der Waals surface area contributed by atoms with E-state index in [-0.39, 0.29) is 29.6 Å². The predicted molar refractivity (Wildman–Crippen MR) is 45.8 cm³/mol. The van der Waals surface area contributed by atoms with Gasteiger partial charge in [0.05, 0.1) is 0 Å². The molecule has 0 aliphatic carbocycles. The Morgan fingerprint density at radius 2 is 1.79 bits per heavy atom. The topological polar surface area (TPSA) is 83.5 Å². The Bertz CT molecular complexity index is 284. The van der Waals surface area contributed by atoms with Crippen molar-refractivity contribution in [3.8, 4) is 0 Å². The maximum Gasteiger partial charge on any atom is 1.00 e. The Hall–Kier alpha value is 1.25. The zero-order chi connectivity index (χ0) is 10.7. The Kier molecular flexibility index (Phi) is 8.51. The second-order valence-corrected chi connectivity index (χ2v) is 5.90. The molecule has 0 bridgehead atoms. The van der Waals surface area contributed by atoms with Crippen molar-refractivity contribution in [2.24, 2.45) is 0 Å². The largest absolute Gasteiger partial charge is 1.00 e. The van der Waals surface area contributed by atoms with Crippen LogP contribution in [-0.4, -0.2) is 35.1 Å². The summed E-state index contributed by atoms with van der Waals surface area (Å²) in [5.41, 5.74) is 0. The van der Waals surface area contributed by atoms with Crippen LogP contribution in [0.3, 0.4) is 0 Å². The minimum Gasteiger partial charge on any atom is -0.748 e. The van der Waals surface area contributed by atoms with E-state index in [1.807, 2.05) is 0 Å². The first-order chi connectivity index (χ1) is 5.60. The van der Waals surface area contributed by atoms with Gasteiger partial charge in [0.1, 0.15) is 22.5 Å². The van der Waals surface area contributed by atoms with Gasteiger partial charge >= 0.3 is 35.5 Å². The Morgan fingerprint density at radius 3 is 2.07 bits per heavy atom. The number of carbonyl (C=O) groups is 1. The molecule has 0 radical (unpaired) electrons. The summed E-state index contributed by atoms with van der Waals surface area (Å²) in [7, 11) is -4.64. The molecule has 0 unspecified atom stereocenters. The third-order valence-electron chi connectivity index (χ3n) is 0.691. The van der Waals surface area contributed by atoms with E-state index >= 15 is 0 Å². The molecular weight excluding hydrogens is 289 g/mol. The number of hydrogen-bond acceptors (Lipinski definition) is 5. The molecular formula is C4H4Cl3NaO5S. The van der Waals surface area contributed by atoms with E-state index < -0.39 is 32.2 Å². The van der Waals surface area contributed by atoms with Crippen LogP contribution in [0.4, 0.5) is 0 Å². The fourth-order valence-corrected chi connectivity index (χ4v) is 0.884. The van der Waals surface area contributed by atoms with Crippen molar-refractivity contribution in [2.45, 2.75) is 3.79 Å². The summed E-state index contributed by atoms with van der Waals surface area (Å²) in [6, 6.07) is 0. The van der Waals surface area contributed by atoms with Crippen LogP contribution in [0.1, 0.15) is 0 Å². The van der Waals surface area contributed by atoms with Gasteiger partial charge in [0.25, 0.3) is 0 Å². The van der Waals surface area contributed by atoms with Crippen molar-refractivity contribution in [1.82, 2.24) is 0 Å². The molecule has 5 nitrogen and oxygen atoms in total. The molecule has 0 spiro atoms. The molecule has 0 amide bonds. The van der Waals surface area contributed by atoms with Gasteiger partial charge < -0.3 is 9.29 Å². The van der Waals surface area contributed by atoms with E-state index in [0.29, 0.717) is 0 Å². The first-order valence-electron chi connectivity index (χ1n) is 2.76. The molecule has 0 heterocycles. The molecule has 0 aromatic rings. The number of halogens is 3. The molecule has 0 aliphatic rings. The number of alkyl halides is 3. The molecule has 0 saturated heterocycles. The maximum absolute atomic E-state index is 10.5. The van der Waals surface area contributed by atoms with E-state index in [0.717, 1.165) is 0 Å². The second kappa shape index (κ2) is 6.75. The van der Waals surface area contributed by atoms with Crippen LogP contribution in [-0.2, 0) is 19.6 Å². The van der Waals surface area contributed by atoms with Crippen LogP contribution in [0, 0.1) is 0 Å². The van der Waals surface area contributed by atoms with Gasteiger partial charge in [0, 0.05) is 0 Å². The summed E-state index contributed by atoms with van der Waals surface area (Å²) in [4.78, 5) is 10.5. The average Bonchev–Trinajstić information content (AvgIpc) is 1.78. The van der Waals surface area contributed by atoms with Gasteiger partial charge in [-0.3, -0.25) is 4.79 Å². The van der Waals surface area contributed by atoms with Crippen LogP contribution < -0.4 is 29.6 Å². The summed E-state index contributed by atoms with van der Waals surface area (Å²) in [6.07, 6.45) is 0. The van der Waals surface area contributed by atoms with E-state index in [2.05, 4.69) is 4.74 Å². The molecule has 10 heteroatoms. The van der Waals surface area contributed by atoms with E-state index in [4.69, 9.17) is 34.8 Å². The summed E-state index contributed by atoms with van der Waals surface area (Å²) in [5.74, 6) is -2.52. The van der Waals surface area contributed by atoms with Crippen LogP contribution in [0.5, 0.6) is 0 Å². The molecule has 0 aromatic carbocycles. The molecule has 0 N–H and O–H groups in total. The average molecular weight is 293 g/mol. The van der Waals surface area contributed by atoms with E-state index in [1.165, 1.54) is 0 Å². The van der Waals surface area contributed by atoms with Crippen LogP contribution in [0.25, 0.3) is 0 Å². The third-order valence-corrected chi connectivity index (χ3v) is 1.61. The van der Waals surface area contributed by atoms with Gasteiger partial charge in [-0.2, -0.15) is 0 Å². The van der Waals surface area contributed by atoms with Gasteiger partial charge in [-0.25, -0.2) is 8.42 Å². The van der Waals surface area contributed by atoms with Crippen molar-refractivity contribution < 1.29 is 52.1 Å². The van der Waals surface area contributed by atoms with Gasteiger partial charge in [0.2, 0.25) is 3.79 Å². The van der Waals surface area contributed by atoms with Gasteiger partial charge in [0.15, 0.2) is 0 Å². The molecule has 14 heavy (non-hydrogen) atoms. The Morgan fingerprint density at radius 1 is 1.36 bits per heavy atom. The molecule has 0 aromatic heterocycles. The number of carbonyl (C=O) groups excluding carboxylic acids is 1.